The topological polar surface area (TPSA) is 59.7 Å². The summed E-state index contributed by atoms with van der Waals surface area (Å²) in [5.41, 5.74) is 3.73. The molecule has 0 fully saturated rings. The second-order valence-electron chi connectivity index (χ2n) is 7.95. The van der Waals surface area contributed by atoms with Crippen molar-refractivity contribution in [2.75, 3.05) is 12.9 Å². The van der Waals surface area contributed by atoms with Gasteiger partial charge in [0.15, 0.2) is 8.29 Å². The van der Waals surface area contributed by atoms with Gasteiger partial charge in [0.25, 0.3) is 5.91 Å². The van der Waals surface area contributed by atoms with Gasteiger partial charge in [-0.15, -0.1) is 5.10 Å². The quantitative estimate of drug-likeness (QED) is 0.186. The standard InChI is InChI=1S/C26H21ClN4O2S3/c1-33-21-13-7-18(8-14-21)23-15-22(17-5-3-2-4-6-17)28-31(23)24(32)16-35-25-29-30(26(34)36-25)20-11-9-19(27)10-12-20/h2-14,23H,15-16H2,1H3. The third-order valence-electron chi connectivity index (χ3n) is 5.69. The van der Waals surface area contributed by atoms with Crippen molar-refractivity contribution >= 4 is 58.5 Å². The SMILES string of the molecule is COc1ccc(C2CC(c3ccccc3)=NN2C(=O)CSc2nn(-c3ccc(Cl)cc3)c(=S)s2)cc1. The molecule has 0 aliphatic carbocycles. The number of thioether (sulfide) groups is 1. The van der Waals surface area contributed by atoms with Crippen molar-refractivity contribution in [1.29, 1.82) is 0 Å². The molecule has 3 aromatic carbocycles. The van der Waals surface area contributed by atoms with Crippen LogP contribution in [0.1, 0.15) is 23.6 Å². The van der Waals surface area contributed by atoms with E-state index < -0.39 is 0 Å². The molecule has 4 aromatic rings. The predicted molar refractivity (Wildman–Crippen MR) is 148 cm³/mol. The molecule has 1 amide bonds. The number of carbonyl (C=O) groups is 1. The van der Waals surface area contributed by atoms with E-state index in [-0.39, 0.29) is 17.7 Å². The van der Waals surface area contributed by atoms with Gasteiger partial charge in [-0.1, -0.05) is 77.2 Å². The van der Waals surface area contributed by atoms with E-state index in [9.17, 15) is 4.79 Å². The normalized spacial score (nSPS) is 15.1. The number of nitrogens with zero attached hydrogens (tertiary/aromatic N) is 4. The lowest BCUT2D eigenvalue weighted by Gasteiger charge is -2.22. The van der Waals surface area contributed by atoms with Crippen molar-refractivity contribution in [3.05, 3.63) is 99.0 Å². The Morgan fingerprint density at radius 2 is 1.83 bits per heavy atom. The number of halogens is 1. The average molecular weight is 553 g/mol. The van der Waals surface area contributed by atoms with Gasteiger partial charge in [-0.05, 0) is 59.7 Å². The fourth-order valence-electron chi connectivity index (χ4n) is 3.89. The Bertz CT molecular complexity index is 1450. The molecule has 0 bridgehead atoms. The van der Waals surface area contributed by atoms with Crippen molar-refractivity contribution in [2.45, 2.75) is 16.8 Å². The van der Waals surface area contributed by atoms with E-state index in [1.807, 2.05) is 66.7 Å². The van der Waals surface area contributed by atoms with Crippen LogP contribution in [0.25, 0.3) is 5.69 Å². The predicted octanol–water partition coefficient (Wildman–Crippen LogP) is 6.80. The molecule has 0 spiro atoms. The number of carbonyl (C=O) groups excluding carboxylic acids is 1. The number of hydrogen-bond acceptors (Lipinski definition) is 7. The minimum Gasteiger partial charge on any atom is -0.497 e. The molecule has 36 heavy (non-hydrogen) atoms. The third kappa shape index (κ3) is 5.39. The van der Waals surface area contributed by atoms with Crippen molar-refractivity contribution in [3.63, 3.8) is 0 Å². The van der Waals surface area contributed by atoms with Crippen LogP contribution in [0.4, 0.5) is 0 Å². The van der Waals surface area contributed by atoms with E-state index in [4.69, 9.17) is 33.7 Å². The zero-order valence-corrected chi connectivity index (χ0v) is 22.4. The highest BCUT2D eigenvalue weighted by atomic mass is 35.5. The van der Waals surface area contributed by atoms with Crippen LogP contribution >= 0.6 is 46.9 Å². The van der Waals surface area contributed by atoms with Crippen LogP contribution in [0.15, 0.2) is 88.3 Å². The van der Waals surface area contributed by atoms with Gasteiger partial charge in [0.2, 0.25) is 0 Å². The number of hydrogen-bond donors (Lipinski definition) is 0. The maximum atomic E-state index is 13.4. The minimum absolute atomic E-state index is 0.0917. The average Bonchev–Trinajstić information content (AvgIpc) is 3.52. The van der Waals surface area contributed by atoms with Crippen LogP contribution in [0, 0.1) is 3.95 Å². The molecule has 1 aromatic heterocycles. The monoisotopic (exact) mass is 552 g/mol. The molecule has 10 heteroatoms. The number of amides is 1. The zero-order chi connectivity index (χ0) is 25.1. The Morgan fingerprint density at radius 1 is 1.11 bits per heavy atom. The Kier molecular flexibility index (Phi) is 7.52. The molecule has 0 saturated carbocycles. The molecule has 0 saturated heterocycles. The van der Waals surface area contributed by atoms with Gasteiger partial charge in [0, 0.05) is 11.4 Å². The maximum Gasteiger partial charge on any atom is 0.253 e. The zero-order valence-electron chi connectivity index (χ0n) is 19.2. The summed E-state index contributed by atoms with van der Waals surface area (Å²) in [5, 5.41) is 11.6. The van der Waals surface area contributed by atoms with E-state index in [0.717, 1.165) is 32.6 Å². The van der Waals surface area contributed by atoms with Gasteiger partial charge in [0.05, 0.1) is 30.3 Å². The van der Waals surface area contributed by atoms with Gasteiger partial charge >= 0.3 is 0 Å². The maximum absolute atomic E-state index is 13.4. The van der Waals surface area contributed by atoms with Crippen LogP contribution in [-0.2, 0) is 4.79 Å². The first-order chi connectivity index (χ1) is 17.5. The molecular weight excluding hydrogens is 532 g/mol. The third-order valence-corrected chi connectivity index (χ3v) is 8.30. The highest BCUT2D eigenvalue weighted by molar-refractivity contribution is 8.01. The number of rotatable bonds is 7. The number of methoxy groups -OCH3 is 1. The number of benzene rings is 3. The lowest BCUT2D eigenvalue weighted by atomic mass is 9.98. The van der Waals surface area contributed by atoms with Gasteiger partial charge in [-0.25, -0.2) is 9.69 Å². The Labute approximate surface area is 227 Å². The smallest absolute Gasteiger partial charge is 0.253 e. The van der Waals surface area contributed by atoms with Gasteiger partial charge in [0.1, 0.15) is 5.75 Å². The van der Waals surface area contributed by atoms with E-state index in [1.165, 1.54) is 23.1 Å². The first-order valence-corrected chi connectivity index (χ1v) is 13.7. The molecule has 1 unspecified atom stereocenters. The number of aromatic nitrogens is 2. The first kappa shape index (κ1) is 24.7. The summed E-state index contributed by atoms with van der Waals surface area (Å²) in [4.78, 5) is 13.4. The summed E-state index contributed by atoms with van der Waals surface area (Å²) >= 11 is 14.2. The first-order valence-electron chi connectivity index (χ1n) is 11.1. The van der Waals surface area contributed by atoms with E-state index in [2.05, 4.69) is 5.10 Å². The van der Waals surface area contributed by atoms with Crippen LogP contribution < -0.4 is 4.74 Å². The summed E-state index contributed by atoms with van der Waals surface area (Å²) in [7, 11) is 1.64. The summed E-state index contributed by atoms with van der Waals surface area (Å²) in [6, 6.07) is 24.9. The van der Waals surface area contributed by atoms with Gasteiger partial charge < -0.3 is 4.74 Å². The molecule has 6 nitrogen and oxygen atoms in total. The summed E-state index contributed by atoms with van der Waals surface area (Å²) in [5.74, 6) is 0.874. The summed E-state index contributed by atoms with van der Waals surface area (Å²) in [6.07, 6.45) is 0.636. The second kappa shape index (κ2) is 11.0. The van der Waals surface area contributed by atoms with Crippen molar-refractivity contribution in [3.8, 4) is 11.4 Å². The molecule has 1 aliphatic rings. The summed E-state index contributed by atoms with van der Waals surface area (Å²) < 4.78 is 8.31. The number of ether oxygens (including phenoxy) is 1. The lowest BCUT2D eigenvalue weighted by molar-refractivity contribution is -0.130. The number of hydrazone groups is 1. The fraction of sp³-hybridized carbons (Fsp3) is 0.154. The molecule has 1 aliphatic heterocycles. The Balaban J connectivity index is 1.36. The van der Waals surface area contributed by atoms with Gasteiger partial charge in [-0.3, -0.25) is 4.79 Å². The van der Waals surface area contributed by atoms with Crippen molar-refractivity contribution < 1.29 is 9.53 Å². The van der Waals surface area contributed by atoms with Crippen molar-refractivity contribution in [1.82, 2.24) is 14.8 Å². The van der Waals surface area contributed by atoms with Crippen LogP contribution in [0.5, 0.6) is 5.75 Å². The van der Waals surface area contributed by atoms with E-state index in [0.29, 0.717) is 15.4 Å². The Hall–Kier alpha value is -2.98. The van der Waals surface area contributed by atoms with Gasteiger partial charge in [-0.2, -0.15) is 5.10 Å². The van der Waals surface area contributed by atoms with E-state index >= 15 is 0 Å². The largest absolute Gasteiger partial charge is 0.497 e. The molecular formula is C26H21ClN4O2S3. The molecule has 1 atom stereocenters. The minimum atomic E-state index is -0.191. The fourth-order valence-corrected chi connectivity index (χ4v) is 6.22. The molecule has 2 heterocycles. The van der Waals surface area contributed by atoms with Crippen molar-refractivity contribution in [2.24, 2.45) is 5.10 Å². The molecule has 0 radical (unpaired) electrons. The summed E-state index contributed by atoms with van der Waals surface area (Å²) in [6.45, 7) is 0. The highest BCUT2D eigenvalue weighted by Crippen LogP contribution is 2.35. The molecule has 182 valence electrons. The second-order valence-corrected chi connectivity index (χ2v) is 11.2. The lowest BCUT2D eigenvalue weighted by Crippen LogP contribution is -2.28. The molecule has 0 N–H and O–H groups in total. The molecule has 5 rings (SSSR count). The van der Waals surface area contributed by atoms with E-state index in [1.54, 1.807) is 28.9 Å². The van der Waals surface area contributed by atoms with Crippen LogP contribution in [0.2, 0.25) is 5.02 Å². The Morgan fingerprint density at radius 3 is 2.53 bits per heavy atom. The van der Waals surface area contributed by atoms with Crippen LogP contribution in [0.3, 0.4) is 0 Å². The highest BCUT2D eigenvalue weighted by Gasteiger charge is 2.33. The van der Waals surface area contributed by atoms with Crippen LogP contribution in [-0.4, -0.2) is 39.3 Å².